The number of benzene rings is 1. The fourth-order valence-electron chi connectivity index (χ4n) is 2.12. The number of aryl methyl sites for hydroxylation is 1. The first kappa shape index (κ1) is 12.6. The Morgan fingerprint density at radius 1 is 1.30 bits per heavy atom. The zero-order valence-electron chi connectivity index (χ0n) is 11.2. The van der Waals surface area contributed by atoms with Gasteiger partial charge in [-0.3, -0.25) is 0 Å². The summed E-state index contributed by atoms with van der Waals surface area (Å²) in [5.41, 5.74) is 8.46. The predicted molar refractivity (Wildman–Crippen MR) is 78.9 cm³/mol. The average molecular weight is 268 g/mol. The lowest BCUT2D eigenvalue weighted by Crippen LogP contribution is -2.14. The summed E-state index contributed by atoms with van der Waals surface area (Å²) in [7, 11) is 0. The van der Waals surface area contributed by atoms with Crippen LogP contribution in [0.4, 0.5) is 5.82 Å². The van der Waals surface area contributed by atoms with Gasteiger partial charge in [0, 0.05) is 13.1 Å². The minimum absolute atomic E-state index is 0.553. The van der Waals surface area contributed by atoms with Gasteiger partial charge in [-0.1, -0.05) is 12.1 Å². The normalized spacial score (nSPS) is 10.9. The van der Waals surface area contributed by atoms with Crippen molar-refractivity contribution in [1.29, 1.82) is 0 Å². The van der Waals surface area contributed by atoms with Crippen LogP contribution in [0.25, 0.3) is 16.7 Å². The van der Waals surface area contributed by atoms with Gasteiger partial charge < -0.3 is 11.1 Å². The van der Waals surface area contributed by atoms with Crippen molar-refractivity contribution < 1.29 is 0 Å². The van der Waals surface area contributed by atoms with Crippen molar-refractivity contribution in [3.8, 4) is 5.69 Å². The van der Waals surface area contributed by atoms with Crippen LogP contribution in [0.1, 0.15) is 5.56 Å². The van der Waals surface area contributed by atoms with Crippen LogP contribution in [0.5, 0.6) is 0 Å². The predicted octanol–water partition coefficient (Wildman–Crippen LogP) is 1.49. The van der Waals surface area contributed by atoms with E-state index in [0.717, 1.165) is 22.5 Å². The molecule has 0 atom stereocenters. The van der Waals surface area contributed by atoms with Gasteiger partial charge in [-0.25, -0.2) is 14.6 Å². The van der Waals surface area contributed by atoms with Crippen molar-refractivity contribution in [2.75, 3.05) is 18.4 Å². The van der Waals surface area contributed by atoms with Gasteiger partial charge in [0.1, 0.15) is 12.1 Å². The largest absolute Gasteiger partial charge is 0.368 e. The van der Waals surface area contributed by atoms with E-state index in [1.165, 1.54) is 11.9 Å². The van der Waals surface area contributed by atoms with E-state index in [-0.39, 0.29) is 0 Å². The molecule has 6 nitrogen and oxygen atoms in total. The highest BCUT2D eigenvalue weighted by Crippen LogP contribution is 2.21. The molecule has 0 saturated heterocycles. The Kier molecular flexibility index (Phi) is 3.30. The molecule has 3 rings (SSSR count). The van der Waals surface area contributed by atoms with Crippen LogP contribution < -0.4 is 11.1 Å². The van der Waals surface area contributed by atoms with Crippen LogP contribution >= 0.6 is 0 Å². The number of aromatic nitrogens is 4. The standard InChI is InChI=1S/C14H16N6/c1-10-3-2-4-11(7-10)20-14-12(8-19-20)13(16-6-5-15)17-9-18-14/h2-4,7-9H,5-6,15H2,1H3,(H,16,17,18). The topological polar surface area (TPSA) is 81.7 Å². The highest BCUT2D eigenvalue weighted by atomic mass is 15.3. The smallest absolute Gasteiger partial charge is 0.168 e. The number of nitrogens with one attached hydrogen (secondary N) is 1. The van der Waals surface area contributed by atoms with E-state index in [4.69, 9.17) is 5.73 Å². The second kappa shape index (κ2) is 5.26. The SMILES string of the molecule is Cc1cccc(-n2ncc3c(NCCN)ncnc32)c1. The van der Waals surface area contributed by atoms with Gasteiger partial charge in [0.25, 0.3) is 0 Å². The molecule has 2 aromatic heterocycles. The Hall–Kier alpha value is -2.47. The fourth-order valence-corrected chi connectivity index (χ4v) is 2.12. The first-order valence-corrected chi connectivity index (χ1v) is 6.49. The van der Waals surface area contributed by atoms with Crippen molar-refractivity contribution in [3.63, 3.8) is 0 Å². The van der Waals surface area contributed by atoms with Crippen molar-refractivity contribution in [3.05, 3.63) is 42.4 Å². The molecule has 0 radical (unpaired) electrons. The number of anilines is 1. The van der Waals surface area contributed by atoms with Gasteiger partial charge in [0.2, 0.25) is 0 Å². The summed E-state index contributed by atoms with van der Waals surface area (Å²) in [6, 6.07) is 8.14. The number of fused-ring (bicyclic) bond motifs is 1. The molecular weight excluding hydrogens is 252 g/mol. The quantitative estimate of drug-likeness (QED) is 0.749. The third-order valence-corrected chi connectivity index (χ3v) is 3.05. The highest BCUT2D eigenvalue weighted by molar-refractivity contribution is 5.87. The second-order valence-electron chi connectivity index (χ2n) is 4.57. The number of hydrogen-bond donors (Lipinski definition) is 2. The number of nitrogens with zero attached hydrogens (tertiary/aromatic N) is 4. The third kappa shape index (κ3) is 2.21. The molecule has 0 bridgehead atoms. The first-order valence-electron chi connectivity index (χ1n) is 6.49. The van der Waals surface area contributed by atoms with Gasteiger partial charge in [-0.2, -0.15) is 5.10 Å². The summed E-state index contributed by atoms with van der Waals surface area (Å²) in [6.45, 7) is 3.28. The van der Waals surface area contributed by atoms with E-state index in [2.05, 4.69) is 39.4 Å². The van der Waals surface area contributed by atoms with Crippen LogP contribution in [0.3, 0.4) is 0 Å². The Morgan fingerprint density at radius 2 is 2.20 bits per heavy atom. The lowest BCUT2D eigenvalue weighted by molar-refractivity contribution is 0.893. The minimum Gasteiger partial charge on any atom is -0.368 e. The lowest BCUT2D eigenvalue weighted by atomic mass is 10.2. The van der Waals surface area contributed by atoms with Gasteiger partial charge >= 0.3 is 0 Å². The van der Waals surface area contributed by atoms with Crippen molar-refractivity contribution in [1.82, 2.24) is 19.7 Å². The zero-order chi connectivity index (χ0) is 13.9. The molecule has 20 heavy (non-hydrogen) atoms. The Morgan fingerprint density at radius 3 is 3.00 bits per heavy atom. The van der Waals surface area contributed by atoms with Gasteiger partial charge in [0.15, 0.2) is 5.65 Å². The molecule has 102 valence electrons. The number of nitrogens with two attached hydrogens (primary N) is 1. The Labute approximate surface area is 116 Å². The molecule has 6 heteroatoms. The molecule has 0 saturated carbocycles. The molecule has 0 amide bonds. The van der Waals surface area contributed by atoms with E-state index < -0.39 is 0 Å². The molecule has 3 N–H and O–H groups in total. The van der Waals surface area contributed by atoms with Crippen LogP contribution in [-0.4, -0.2) is 32.8 Å². The maximum absolute atomic E-state index is 5.51. The molecule has 0 unspecified atom stereocenters. The van der Waals surface area contributed by atoms with Crippen molar-refractivity contribution in [2.24, 2.45) is 5.73 Å². The fraction of sp³-hybridized carbons (Fsp3) is 0.214. The van der Waals surface area contributed by atoms with E-state index >= 15 is 0 Å². The Bertz CT molecular complexity index is 733. The van der Waals surface area contributed by atoms with E-state index in [1.54, 1.807) is 6.20 Å². The summed E-state index contributed by atoms with van der Waals surface area (Å²) in [4.78, 5) is 8.57. The molecule has 1 aromatic carbocycles. The molecular formula is C14H16N6. The molecule has 0 aliphatic carbocycles. The summed E-state index contributed by atoms with van der Waals surface area (Å²) in [6.07, 6.45) is 3.31. The summed E-state index contributed by atoms with van der Waals surface area (Å²) >= 11 is 0. The van der Waals surface area contributed by atoms with Gasteiger partial charge in [-0.05, 0) is 24.6 Å². The molecule has 0 aliphatic rings. The van der Waals surface area contributed by atoms with E-state index in [1.807, 2.05) is 16.8 Å². The van der Waals surface area contributed by atoms with E-state index in [0.29, 0.717) is 13.1 Å². The average Bonchev–Trinajstić information content (AvgIpc) is 2.89. The van der Waals surface area contributed by atoms with Crippen LogP contribution in [-0.2, 0) is 0 Å². The molecule has 0 fully saturated rings. The highest BCUT2D eigenvalue weighted by Gasteiger charge is 2.10. The number of rotatable bonds is 4. The molecule has 3 aromatic rings. The van der Waals surface area contributed by atoms with Gasteiger partial charge in [-0.15, -0.1) is 0 Å². The summed E-state index contributed by atoms with van der Waals surface area (Å²) < 4.78 is 1.82. The van der Waals surface area contributed by atoms with Crippen LogP contribution in [0.15, 0.2) is 36.8 Å². The Balaban J connectivity index is 2.10. The van der Waals surface area contributed by atoms with Gasteiger partial charge in [0.05, 0.1) is 17.3 Å². The van der Waals surface area contributed by atoms with Crippen molar-refractivity contribution in [2.45, 2.75) is 6.92 Å². The van der Waals surface area contributed by atoms with Crippen LogP contribution in [0, 0.1) is 6.92 Å². The summed E-state index contributed by atoms with van der Waals surface area (Å²) in [5, 5.41) is 8.49. The molecule has 2 heterocycles. The lowest BCUT2D eigenvalue weighted by Gasteiger charge is -2.06. The third-order valence-electron chi connectivity index (χ3n) is 3.05. The number of hydrogen-bond acceptors (Lipinski definition) is 5. The van der Waals surface area contributed by atoms with Crippen LogP contribution in [0.2, 0.25) is 0 Å². The maximum Gasteiger partial charge on any atom is 0.168 e. The molecule has 0 aliphatic heterocycles. The first-order chi connectivity index (χ1) is 9.79. The van der Waals surface area contributed by atoms with Crippen molar-refractivity contribution >= 4 is 16.9 Å². The monoisotopic (exact) mass is 268 g/mol. The minimum atomic E-state index is 0.553. The maximum atomic E-state index is 5.51. The molecule has 0 spiro atoms. The zero-order valence-corrected chi connectivity index (χ0v) is 11.2. The van der Waals surface area contributed by atoms with E-state index in [9.17, 15) is 0 Å². The summed E-state index contributed by atoms with van der Waals surface area (Å²) in [5.74, 6) is 0.763. The second-order valence-corrected chi connectivity index (χ2v) is 4.57.